The lowest BCUT2D eigenvalue weighted by Crippen LogP contribution is -2.33. The third-order valence-corrected chi connectivity index (χ3v) is 7.99. The van der Waals surface area contributed by atoms with Gasteiger partial charge in [0.15, 0.2) is 5.82 Å². The number of fused-ring (bicyclic) bond motifs is 2. The number of nitrogens with zero attached hydrogens (tertiary/aromatic N) is 4. The molecule has 4 aromatic rings. The molecule has 2 aromatic heterocycles. The Kier molecular flexibility index (Phi) is 5.89. The lowest BCUT2D eigenvalue weighted by Gasteiger charge is -2.32. The molecule has 8 nitrogen and oxygen atoms in total. The first-order valence-electron chi connectivity index (χ1n) is 12.4. The van der Waals surface area contributed by atoms with E-state index in [0.29, 0.717) is 6.54 Å². The van der Waals surface area contributed by atoms with Gasteiger partial charge in [0.2, 0.25) is 0 Å². The molecule has 8 heteroatoms. The Hall–Kier alpha value is -3.23. The third-order valence-electron chi connectivity index (χ3n) is 7.99. The Morgan fingerprint density at radius 3 is 2.51 bits per heavy atom. The molecule has 1 unspecified atom stereocenters. The van der Waals surface area contributed by atoms with Crippen LogP contribution < -0.4 is 22.1 Å². The molecule has 0 bridgehead atoms. The zero-order valence-electron chi connectivity index (χ0n) is 21.3. The SMILES string of the molecule is Cc1c([C@@H](C)Nc2nnc(C)c3cc4c(cc23)n(C)c(=O)n4C)cccc1C1(CCN)CCNC1. The van der Waals surface area contributed by atoms with Crippen molar-refractivity contribution >= 4 is 27.6 Å². The summed E-state index contributed by atoms with van der Waals surface area (Å²) >= 11 is 0. The molecule has 0 aliphatic carbocycles. The van der Waals surface area contributed by atoms with Crippen LogP contribution in [0.3, 0.4) is 0 Å². The minimum atomic E-state index is -0.0444. The zero-order chi connectivity index (χ0) is 24.9. The summed E-state index contributed by atoms with van der Waals surface area (Å²) in [6, 6.07) is 10.7. The van der Waals surface area contributed by atoms with Gasteiger partial charge in [0.1, 0.15) is 0 Å². The highest BCUT2D eigenvalue weighted by Crippen LogP contribution is 2.38. The largest absolute Gasteiger partial charge is 0.362 e. The van der Waals surface area contributed by atoms with E-state index in [1.807, 2.05) is 19.1 Å². The Balaban J connectivity index is 1.57. The summed E-state index contributed by atoms with van der Waals surface area (Å²) in [5.74, 6) is 0.723. The molecular formula is C27H35N7O. The first-order chi connectivity index (χ1) is 16.8. The Morgan fingerprint density at radius 2 is 1.86 bits per heavy atom. The van der Waals surface area contributed by atoms with Crippen LogP contribution in [0.15, 0.2) is 35.1 Å². The molecule has 1 fully saturated rings. The highest BCUT2D eigenvalue weighted by atomic mass is 16.1. The summed E-state index contributed by atoms with van der Waals surface area (Å²) in [5, 5.41) is 18.1. The summed E-state index contributed by atoms with van der Waals surface area (Å²) in [6.07, 6.45) is 2.09. The summed E-state index contributed by atoms with van der Waals surface area (Å²) in [4.78, 5) is 12.5. The predicted octanol–water partition coefficient (Wildman–Crippen LogP) is 3.19. The number of imidazole rings is 1. The highest BCUT2D eigenvalue weighted by molar-refractivity contribution is 6.01. The molecule has 0 spiro atoms. The number of aryl methyl sites for hydroxylation is 3. The van der Waals surface area contributed by atoms with Crippen LogP contribution in [0.5, 0.6) is 0 Å². The maximum absolute atomic E-state index is 12.5. The number of anilines is 1. The van der Waals surface area contributed by atoms with Crippen LogP contribution >= 0.6 is 0 Å². The van der Waals surface area contributed by atoms with Crippen molar-refractivity contribution in [3.8, 4) is 0 Å². The zero-order valence-corrected chi connectivity index (χ0v) is 21.3. The van der Waals surface area contributed by atoms with Crippen molar-refractivity contribution < 1.29 is 0 Å². The van der Waals surface area contributed by atoms with Crippen molar-refractivity contribution in [3.05, 3.63) is 63.2 Å². The van der Waals surface area contributed by atoms with E-state index in [9.17, 15) is 4.79 Å². The molecule has 2 aromatic carbocycles. The first-order valence-corrected chi connectivity index (χ1v) is 12.4. The molecule has 2 atom stereocenters. The third kappa shape index (κ3) is 3.72. The number of nitrogens with one attached hydrogen (secondary N) is 2. The van der Waals surface area contributed by atoms with Gasteiger partial charge in [-0.25, -0.2) is 4.79 Å². The fourth-order valence-electron chi connectivity index (χ4n) is 5.96. The van der Waals surface area contributed by atoms with E-state index in [1.165, 1.54) is 16.7 Å². The monoisotopic (exact) mass is 473 g/mol. The van der Waals surface area contributed by atoms with E-state index in [4.69, 9.17) is 5.73 Å². The van der Waals surface area contributed by atoms with Crippen LogP contribution in [0.1, 0.15) is 48.2 Å². The van der Waals surface area contributed by atoms with E-state index in [2.05, 4.69) is 52.9 Å². The van der Waals surface area contributed by atoms with Crippen molar-refractivity contribution in [2.75, 3.05) is 25.0 Å². The normalized spacial score (nSPS) is 19.0. The maximum atomic E-state index is 12.5. The molecule has 1 saturated heterocycles. The molecule has 0 radical (unpaired) electrons. The fraction of sp³-hybridized carbons (Fsp3) is 0.444. The molecule has 0 saturated carbocycles. The van der Waals surface area contributed by atoms with Crippen LogP contribution in [-0.4, -0.2) is 39.0 Å². The minimum absolute atomic E-state index is 0.0229. The topological polar surface area (TPSA) is 103 Å². The van der Waals surface area contributed by atoms with Crippen molar-refractivity contribution in [3.63, 3.8) is 0 Å². The average Bonchev–Trinajstić information content (AvgIpc) is 3.40. The summed E-state index contributed by atoms with van der Waals surface area (Å²) in [7, 11) is 3.60. The Morgan fingerprint density at radius 1 is 1.14 bits per heavy atom. The van der Waals surface area contributed by atoms with Gasteiger partial charge in [0, 0.05) is 36.8 Å². The summed E-state index contributed by atoms with van der Waals surface area (Å²) < 4.78 is 3.35. The number of hydrogen-bond donors (Lipinski definition) is 3. The summed E-state index contributed by atoms with van der Waals surface area (Å²) in [5.41, 5.74) is 12.6. The minimum Gasteiger partial charge on any atom is -0.362 e. The van der Waals surface area contributed by atoms with Crippen LogP contribution in [0.4, 0.5) is 5.82 Å². The standard InChI is InChI=1S/C27H35N7O/c1-16-19(7-6-8-22(16)27(9-11-28)10-12-29-15-27)17(2)30-25-21-14-24-23(33(4)26(35)34(24)5)13-20(21)18(3)31-32-25/h6-8,13-14,17,29H,9-12,15,28H2,1-5H3,(H,30,32)/t17-,27?/m1/s1. The van der Waals surface area contributed by atoms with Gasteiger partial charge in [-0.3, -0.25) is 9.13 Å². The molecule has 1 aliphatic heterocycles. The van der Waals surface area contributed by atoms with E-state index in [1.54, 1.807) is 23.2 Å². The number of nitrogens with two attached hydrogens (primary N) is 1. The van der Waals surface area contributed by atoms with Crippen LogP contribution in [-0.2, 0) is 19.5 Å². The van der Waals surface area contributed by atoms with Crippen molar-refractivity contribution in [2.24, 2.45) is 19.8 Å². The van der Waals surface area contributed by atoms with Gasteiger partial charge >= 0.3 is 5.69 Å². The molecule has 1 aliphatic rings. The number of aromatic nitrogens is 4. The van der Waals surface area contributed by atoms with Gasteiger partial charge in [0.05, 0.1) is 22.8 Å². The molecular weight excluding hydrogens is 438 g/mol. The van der Waals surface area contributed by atoms with Crippen LogP contribution in [0, 0.1) is 13.8 Å². The smallest absolute Gasteiger partial charge is 0.328 e. The van der Waals surface area contributed by atoms with E-state index >= 15 is 0 Å². The number of benzene rings is 2. The lowest BCUT2D eigenvalue weighted by atomic mass is 9.74. The average molecular weight is 474 g/mol. The molecule has 0 amide bonds. The van der Waals surface area contributed by atoms with Gasteiger partial charge in [-0.2, -0.15) is 5.10 Å². The van der Waals surface area contributed by atoms with Crippen LogP contribution in [0.2, 0.25) is 0 Å². The summed E-state index contributed by atoms with van der Waals surface area (Å²) in [6.45, 7) is 9.02. The molecule has 35 heavy (non-hydrogen) atoms. The van der Waals surface area contributed by atoms with Gasteiger partial charge in [-0.15, -0.1) is 5.10 Å². The lowest BCUT2D eigenvalue weighted by molar-refractivity contribution is 0.436. The van der Waals surface area contributed by atoms with Crippen LogP contribution in [0.25, 0.3) is 21.8 Å². The molecule has 4 N–H and O–H groups in total. The second-order valence-corrected chi connectivity index (χ2v) is 10.1. The Bertz CT molecular complexity index is 1480. The molecule has 3 heterocycles. The Labute approximate surface area is 205 Å². The quantitative estimate of drug-likeness (QED) is 0.397. The number of hydrogen-bond acceptors (Lipinski definition) is 6. The highest BCUT2D eigenvalue weighted by Gasteiger charge is 2.36. The van der Waals surface area contributed by atoms with Crippen molar-refractivity contribution in [1.29, 1.82) is 0 Å². The van der Waals surface area contributed by atoms with Gasteiger partial charge in [-0.05, 0) is 75.5 Å². The van der Waals surface area contributed by atoms with Gasteiger partial charge in [0.25, 0.3) is 0 Å². The van der Waals surface area contributed by atoms with E-state index in [0.717, 1.165) is 59.2 Å². The van der Waals surface area contributed by atoms with Crippen molar-refractivity contribution in [2.45, 2.75) is 45.1 Å². The van der Waals surface area contributed by atoms with E-state index in [-0.39, 0.29) is 17.1 Å². The van der Waals surface area contributed by atoms with E-state index < -0.39 is 0 Å². The predicted molar refractivity (Wildman–Crippen MR) is 142 cm³/mol. The molecule has 184 valence electrons. The van der Waals surface area contributed by atoms with Crippen molar-refractivity contribution in [1.82, 2.24) is 24.6 Å². The number of rotatable bonds is 6. The second kappa shape index (κ2) is 8.77. The van der Waals surface area contributed by atoms with Gasteiger partial charge < -0.3 is 16.4 Å². The second-order valence-electron chi connectivity index (χ2n) is 10.1. The first kappa shape index (κ1) is 23.5. The molecule has 5 rings (SSSR count). The fourth-order valence-corrected chi connectivity index (χ4v) is 5.96. The van der Waals surface area contributed by atoms with Gasteiger partial charge in [-0.1, -0.05) is 18.2 Å². The maximum Gasteiger partial charge on any atom is 0.328 e.